The summed E-state index contributed by atoms with van der Waals surface area (Å²) in [5.41, 5.74) is -0.430. The highest BCUT2D eigenvalue weighted by Gasteiger charge is 2.25. The topological polar surface area (TPSA) is 90.9 Å². The van der Waals surface area contributed by atoms with Gasteiger partial charge in [0.2, 0.25) is 0 Å². The first kappa shape index (κ1) is 15.5. The largest absolute Gasteiger partial charge is 0.296 e. The second kappa shape index (κ2) is 5.49. The van der Waals surface area contributed by atoms with Crippen molar-refractivity contribution in [3.63, 3.8) is 0 Å². The number of aromatic nitrogens is 3. The van der Waals surface area contributed by atoms with Crippen LogP contribution in [-0.4, -0.2) is 23.2 Å². The first-order chi connectivity index (χ1) is 9.71. The molecule has 0 aliphatic heterocycles. The molecule has 2 rings (SSSR count). The third-order valence-electron chi connectivity index (χ3n) is 2.71. The lowest BCUT2D eigenvalue weighted by molar-refractivity contribution is 0.483. The van der Waals surface area contributed by atoms with Crippen LogP contribution in [0.25, 0.3) is 11.4 Å². The fourth-order valence-corrected chi connectivity index (χ4v) is 2.55. The van der Waals surface area contributed by atoms with Crippen molar-refractivity contribution in [2.75, 3.05) is 0 Å². The molecule has 0 fully saturated rings. The minimum Gasteiger partial charge on any atom is -0.296 e. The Morgan fingerprint density at radius 1 is 1.24 bits per heavy atom. The zero-order valence-electron chi connectivity index (χ0n) is 11.4. The molecule has 1 aromatic carbocycles. The van der Waals surface area contributed by atoms with Gasteiger partial charge in [0.05, 0.1) is 5.56 Å². The van der Waals surface area contributed by atoms with E-state index in [0.29, 0.717) is 0 Å². The van der Waals surface area contributed by atoms with Crippen molar-refractivity contribution in [2.24, 2.45) is 11.1 Å². The average Bonchev–Trinajstić information content (AvgIpc) is 2.71. The van der Waals surface area contributed by atoms with Gasteiger partial charge >= 0.3 is 0 Å². The number of hydrogen-bond donors (Lipinski definition) is 1. The van der Waals surface area contributed by atoms with E-state index in [1.54, 1.807) is 0 Å². The molecule has 1 heterocycles. The molecule has 114 valence electrons. The Labute approximate surface area is 120 Å². The van der Waals surface area contributed by atoms with Gasteiger partial charge in [-0.05, 0) is 18.1 Å². The van der Waals surface area contributed by atoms with Crippen LogP contribution in [0.3, 0.4) is 0 Å². The van der Waals surface area contributed by atoms with E-state index in [4.69, 9.17) is 5.14 Å². The summed E-state index contributed by atoms with van der Waals surface area (Å²) in [6.45, 7) is 3.78. The molecule has 2 N–H and O–H groups in total. The maximum atomic E-state index is 13.9. The van der Waals surface area contributed by atoms with Crippen LogP contribution in [0.2, 0.25) is 0 Å². The summed E-state index contributed by atoms with van der Waals surface area (Å²) in [5.74, 6) is -1.92. The number of halogens is 2. The van der Waals surface area contributed by atoms with Crippen LogP contribution >= 0.6 is 0 Å². The summed E-state index contributed by atoms with van der Waals surface area (Å²) >= 11 is 0. The van der Waals surface area contributed by atoms with Crippen LogP contribution in [-0.2, 0) is 16.6 Å². The number of nitrogens with two attached hydrogens (primary N) is 1. The van der Waals surface area contributed by atoms with Crippen LogP contribution in [0.1, 0.15) is 13.8 Å². The minimum absolute atomic E-state index is 0.00455. The van der Waals surface area contributed by atoms with Gasteiger partial charge in [0.1, 0.15) is 11.6 Å². The lowest BCUT2D eigenvalue weighted by Gasteiger charge is -2.12. The summed E-state index contributed by atoms with van der Waals surface area (Å²) in [5, 5.41) is 11.6. The van der Waals surface area contributed by atoms with Crippen LogP contribution in [0, 0.1) is 17.6 Å². The lowest BCUT2D eigenvalue weighted by Crippen LogP contribution is -2.20. The summed E-state index contributed by atoms with van der Waals surface area (Å²) < 4.78 is 51.9. The SMILES string of the molecule is CC(C)Cn1c(-c2c(F)cccc2F)nnc1S(N)(=O)=O. The predicted molar refractivity (Wildman–Crippen MR) is 71.6 cm³/mol. The third kappa shape index (κ3) is 3.08. The van der Waals surface area contributed by atoms with E-state index in [0.717, 1.165) is 16.7 Å². The monoisotopic (exact) mass is 316 g/mol. The van der Waals surface area contributed by atoms with Gasteiger partial charge in [-0.2, -0.15) is 0 Å². The highest BCUT2D eigenvalue weighted by Crippen LogP contribution is 2.26. The van der Waals surface area contributed by atoms with E-state index in [1.807, 2.05) is 13.8 Å². The van der Waals surface area contributed by atoms with Crippen molar-refractivity contribution in [3.05, 3.63) is 29.8 Å². The number of sulfonamides is 1. The summed E-state index contributed by atoms with van der Waals surface area (Å²) in [7, 11) is -4.15. The van der Waals surface area contributed by atoms with Gasteiger partial charge in [-0.3, -0.25) is 4.57 Å². The van der Waals surface area contributed by atoms with E-state index in [2.05, 4.69) is 10.2 Å². The first-order valence-corrected chi connectivity index (χ1v) is 7.67. The Balaban J connectivity index is 2.73. The number of benzene rings is 1. The standard InChI is InChI=1S/C12H14F2N4O2S/c1-7(2)6-18-11(16-17-12(18)21(15,19)20)10-8(13)4-3-5-9(10)14/h3-5,7H,6H2,1-2H3,(H2,15,19,20). The summed E-state index contributed by atoms with van der Waals surface area (Å²) in [6, 6.07) is 3.32. The van der Waals surface area contributed by atoms with Crippen molar-refractivity contribution in [2.45, 2.75) is 25.5 Å². The van der Waals surface area contributed by atoms with Crippen LogP contribution < -0.4 is 5.14 Å². The second-order valence-electron chi connectivity index (χ2n) is 4.95. The maximum absolute atomic E-state index is 13.9. The molecule has 0 atom stereocenters. The van der Waals surface area contributed by atoms with Crippen LogP contribution in [0.4, 0.5) is 8.78 Å². The van der Waals surface area contributed by atoms with Gasteiger partial charge in [-0.15, -0.1) is 10.2 Å². The van der Waals surface area contributed by atoms with Crippen molar-refractivity contribution in [1.82, 2.24) is 14.8 Å². The fourth-order valence-electron chi connectivity index (χ4n) is 1.93. The van der Waals surface area contributed by atoms with Crippen LogP contribution in [0.5, 0.6) is 0 Å². The fraction of sp³-hybridized carbons (Fsp3) is 0.333. The molecule has 0 spiro atoms. The Morgan fingerprint density at radius 2 is 1.81 bits per heavy atom. The minimum atomic E-state index is -4.15. The second-order valence-corrected chi connectivity index (χ2v) is 6.41. The molecule has 1 aromatic heterocycles. The molecule has 2 aromatic rings. The third-order valence-corrected chi connectivity index (χ3v) is 3.52. The number of primary sulfonamides is 1. The number of nitrogens with zero attached hydrogens (tertiary/aromatic N) is 3. The molecule has 0 bridgehead atoms. The molecule has 0 radical (unpaired) electrons. The molecule has 0 amide bonds. The summed E-state index contributed by atoms with van der Waals surface area (Å²) in [6.07, 6.45) is 0. The zero-order chi connectivity index (χ0) is 15.8. The Hall–Kier alpha value is -1.87. The molecule has 9 heteroatoms. The molecule has 0 aliphatic rings. The zero-order valence-corrected chi connectivity index (χ0v) is 12.2. The molecule has 0 unspecified atom stereocenters. The van der Waals surface area contributed by atoms with E-state index in [9.17, 15) is 17.2 Å². The smallest absolute Gasteiger partial charge is 0.273 e. The quantitative estimate of drug-likeness (QED) is 0.926. The first-order valence-electron chi connectivity index (χ1n) is 6.12. The molecule has 6 nitrogen and oxygen atoms in total. The Kier molecular flexibility index (Phi) is 4.06. The normalized spacial score (nSPS) is 12.1. The molecule has 0 saturated carbocycles. The molecular formula is C12H14F2N4O2S. The van der Waals surface area contributed by atoms with Crippen molar-refractivity contribution in [3.8, 4) is 11.4 Å². The molecular weight excluding hydrogens is 302 g/mol. The predicted octanol–water partition coefficient (Wildman–Crippen LogP) is 1.53. The molecule has 0 aliphatic carbocycles. The van der Waals surface area contributed by atoms with E-state index in [1.165, 1.54) is 6.07 Å². The van der Waals surface area contributed by atoms with Gasteiger partial charge in [0.15, 0.2) is 5.82 Å². The lowest BCUT2D eigenvalue weighted by atomic mass is 10.1. The van der Waals surface area contributed by atoms with Gasteiger partial charge in [-0.25, -0.2) is 22.3 Å². The molecule has 21 heavy (non-hydrogen) atoms. The van der Waals surface area contributed by atoms with E-state index in [-0.39, 0.29) is 18.3 Å². The van der Waals surface area contributed by atoms with Crippen LogP contribution in [0.15, 0.2) is 23.4 Å². The maximum Gasteiger partial charge on any atom is 0.273 e. The average molecular weight is 316 g/mol. The number of hydrogen-bond acceptors (Lipinski definition) is 4. The van der Waals surface area contributed by atoms with Crippen molar-refractivity contribution >= 4 is 10.0 Å². The van der Waals surface area contributed by atoms with Crippen molar-refractivity contribution in [1.29, 1.82) is 0 Å². The highest BCUT2D eigenvalue weighted by atomic mass is 32.2. The van der Waals surface area contributed by atoms with Gasteiger partial charge in [-0.1, -0.05) is 19.9 Å². The molecule has 0 saturated heterocycles. The van der Waals surface area contributed by atoms with E-state index >= 15 is 0 Å². The summed E-state index contributed by atoms with van der Waals surface area (Å²) in [4.78, 5) is 0. The highest BCUT2D eigenvalue weighted by molar-refractivity contribution is 7.89. The van der Waals surface area contributed by atoms with Gasteiger partial charge < -0.3 is 0 Å². The van der Waals surface area contributed by atoms with E-state index < -0.39 is 32.4 Å². The number of rotatable bonds is 4. The Morgan fingerprint density at radius 3 is 2.29 bits per heavy atom. The van der Waals surface area contributed by atoms with Gasteiger partial charge in [0, 0.05) is 6.54 Å². The van der Waals surface area contributed by atoms with Gasteiger partial charge in [0.25, 0.3) is 15.2 Å². The Bertz CT molecular complexity index is 751. The van der Waals surface area contributed by atoms with Crippen molar-refractivity contribution < 1.29 is 17.2 Å².